The van der Waals surface area contributed by atoms with Crippen molar-refractivity contribution in [2.75, 3.05) is 17.7 Å². The molecule has 1 amide bonds. The summed E-state index contributed by atoms with van der Waals surface area (Å²) in [7, 11) is 1.43. The molecule has 0 aliphatic carbocycles. The Morgan fingerprint density at radius 3 is 2.57 bits per heavy atom. The van der Waals surface area contributed by atoms with Crippen molar-refractivity contribution in [1.29, 1.82) is 0 Å². The molecule has 76 valence electrons. The maximum Gasteiger partial charge on any atom is 0.409 e. The quantitative estimate of drug-likeness (QED) is 0.688. The summed E-state index contributed by atoms with van der Waals surface area (Å²) >= 11 is 0. The Morgan fingerprint density at radius 2 is 2.07 bits per heavy atom. The summed E-state index contributed by atoms with van der Waals surface area (Å²) in [5, 5.41) is 12.7. The van der Waals surface area contributed by atoms with Crippen LogP contribution in [0.5, 0.6) is 0 Å². The fourth-order valence-corrected chi connectivity index (χ4v) is 1.00. The van der Waals surface area contributed by atoms with Crippen molar-refractivity contribution in [3.05, 3.63) is 23.8 Å². The lowest BCUT2D eigenvalue weighted by molar-refractivity contribution is 0.209. The van der Waals surface area contributed by atoms with E-state index in [1.165, 1.54) is 7.05 Å². The first-order valence-corrected chi connectivity index (χ1v) is 3.71. The fourth-order valence-electron chi connectivity index (χ4n) is 1.00. The van der Waals surface area contributed by atoms with Gasteiger partial charge in [0, 0.05) is 13.1 Å². The second-order valence-electron chi connectivity index (χ2n) is 2.49. The summed E-state index contributed by atoms with van der Waals surface area (Å²) in [6.07, 6.45) is -1.41. The highest BCUT2D eigenvalue weighted by molar-refractivity contribution is 5.88. The van der Waals surface area contributed by atoms with Crippen LogP contribution in [-0.2, 0) is 0 Å². The highest BCUT2D eigenvalue weighted by Crippen LogP contribution is 2.25. The molecule has 0 aliphatic rings. The molecule has 0 saturated carbocycles. The predicted octanol–water partition coefficient (Wildman–Crippen LogP) is 2.10. The largest absolute Gasteiger partial charge is 0.465 e. The van der Waals surface area contributed by atoms with Gasteiger partial charge in [-0.3, -0.25) is 5.32 Å². The van der Waals surface area contributed by atoms with E-state index in [2.05, 4.69) is 5.32 Å². The van der Waals surface area contributed by atoms with Crippen LogP contribution < -0.4 is 10.6 Å². The van der Waals surface area contributed by atoms with Gasteiger partial charge in [0.25, 0.3) is 0 Å². The van der Waals surface area contributed by atoms with E-state index >= 15 is 0 Å². The zero-order valence-electron chi connectivity index (χ0n) is 7.27. The number of carboxylic acid groups (broad SMARTS) is 1. The number of hydrogen-bond donors (Lipinski definition) is 3. The van der Waals surface area contributed by atoms with Crippen LogP contribution in [0, 0.1) is 11.6 Å². The predicted molar refractivity (Wildman–Crippen MR) is 47.6 cm³/mol. The lowest BCUT2D eigenvalue weighted by Crippen LogP contribution is -2.11. The van der Waals surface area contributed by atoms with Crippen LogP contribution >= 0.6 is 0 Å². The van der Waals surface area contributed by atoms with Crippen molar-refractivity contribution in [1.82, 2.24) is 0 Å². The summed E-state index contributed by atoms with van der Waals surface area (Å²) in [6, 6.07) is 1.60. The lowest BCUT2D eigenvalue weighted by Gasteiger charge is -2.09. The Balaban J connectivity index is 3.18. The van der Waals surface area contributed by atoms with Gasteiger partial charge in [-0.15, -0.1) is 0 Å². The van der Waals surface area contributed by atoms with E-state index in [-0.39, 0.29) is 11.4 Å². The summed E-state index contributed by atoms with van der Waals surface area (Å²) in [6.45, 7) is 0. The van der Waals surface area contributed by atoms with Gasteiger partial charge in [-0.05, 0) is 6.07 Å². The van der Waals surface area contributed by atoms with Gasteiger partial charge in [0.1, 0.15) is 11.5 Å². The lowest BCUT2D eigenvalue weighted by atomic mass is 10.2. The third-order valence-electron chi connectivity index (χ3n) is 1.56. The first-order chi connectivity index (χ1) is 6.54. The second-order valence-corrected chi connectivity index (χ2v) is 2.49. The van der Waals surface area contributed by atoms with E-state index in [4.69, 9.17) is 5.11 Å². The number of carbonyl (C=O) groups is 1. The molecular weight excluding hydrogens is 194 g/mol. The average Bonchev–Trinajstić information content (AvgIpc) is 2.08. The minimum absolute atomic E-state index is 0.0462. The molecule has 0 bridgehead atoms. The van der Waals surface area contributed by atoms with Crippen LogP contribution in [0.4, 0.5) is 25.0 Å². The first kappa shape index (κ1) is 10.2. The maximum absolute atomic E-state index is 13.1. The molecule has 3 N–H and O–H groups in total. The second kappa shape index (κ2) is 3.91. The van der Waals surface area contributed by atoms with Crippen LogP contribution in [0.2, 0.25) is 0 Å². The molecule has 4 nitrogen and oxygen atoms in total. The molecular formula is C8H8F2N2O2. The number of rotatable bonds is 2. The minimum atomic E-state index is -1.41. The van der Waals surface area contributed by atoms with Gasteiger partial charge in [0.2, 0.25) is 0 Å². The Labute approximate surface area is 78.5 Å². The molecule has 14 heavy (non-hydrogen) atoms. The van der Waals surface area contributed by atoms with Gasteiger partial charge in [-0.25, -0.2) is 13.6 Å². The van der Waals surface area contributed by atoms with Crippen molar-refractivity contribution in [3.8, 4) is 0 Å². The molecule has 6 heteroatoms. The Kier molecular flexibility index (Phi) is 2.85. The average molecular weight is 202 g/mol. The van der Waals surface area contributed by atoms with Gasteiger partial charge in [-0.1, -0.05) is 0 Å². The van der Waals surface area contributed by atoms with Crippen molar-refractivity contribution in [2.24, 2.45) is 0 Å². The number of amides is 1. The highest BCUT2D eigenvalue weighted by atomic mass is 19.1. The molecule has 0 aliphatic heterocycles. The van der Waals surface area contributed by atoms with Gasteiger partial charge in [-0.2, -0.15) is 0 Å². The normalized spacial score (nSPS) is 9.64. The van der Waals surface area contributed by atoms with Gasteiger partial charge >= 0.3 is 6.09 Å². The highest BCUT2D eigenvalue weighted by Gasteiger charge is 2.12. The van der Waals surface area contributed by atoms with E-state index in [1.807, 2.05) is 5.32 Å². The summed E-state index contributed by atoms with van der Waals surface area (Å²) < 4.78 is 25.7. The van der Waals surface area contributed by atoms with Gasteiger partial charge in [0.05, 0.1) is 5.69 Å². The fraction of sp³-hybridized carbons (Fsp3) is 0.125. The first-order valence-electron chi connectivity index (χ1n) is 3.71. The molecule has 0 spiro atoms. The van der Waals surface area contributed by atoms with E-state index in [0.717, 1.165) is 6.07 Å². The Morgan fingerprint density at radius 1 is 1.43 bits per heavy atom. The number of hydrogen-bond acceptors (Lipinski definition) is 2. The number of benzene rings is 1. The van der Waals surface area contributed by atoms with Crippen molar-refractivity contribution >= 4 is 17.5 Å². The zero-order chi connectivity index (χ0) is 10.7. The van der Waals surface area contributed by atoms with Crippen LogP contribution in [0.3, 0.4) is 0 Å². The maximum atomic E-state index is 13.1. The molecule has 0 heterocycles. The molecule has 1 aromatic carbocycles. The van der Waals surface area contributed by atoms with Crippen molar-refractivity contribution in [2.45, 2.75) is 0 Å². The molecule has 0 radical (unpaired) electrons. The Bertz CT molecular complexity index is 369. The minimum Gasteiger partial charge on any atom is -0.465 e. The monoisotopic (exact) mass is 202 g/mol. The number of anilines is 2. The molecule has 0 aromatic heterocycles. The molecule has 1 rings (SSSR count). The van der Waals surface area contributed by atoms with Crippen LogP contribution in [0.15, 0.2) is 12.1 Å². The van der Waals surface area contributed by atoms with E-state index in [1.54, 1.807) is 0 Å². The molecule has 0 atom stereocenters. The van der Waals surface area contributed by atoms with E-state index in [9.17, 15) is 13.6 Å². The van der Waals surface area contributed by atoms with Crippen molar-refractivity contribution < 1.29 is 18.7 Å². The van der Waals surface area contributed by atoms with Gasteiger partial charge in [0.15, 0.2) is 5.82 Å². The van der Waals surface area contributed by atoms with E-state index in [0.29, 0.717) is 6.07 Å². The zero-order valence-corrected chi connectivity index (χ0v) is 7.27. The molecule has 0 fully saturated rings. The number of halogens is 2. The van der Waals surface area contributed by atoms with E-state index < -0.39 is 17.7 Å². The summed E-state index contributed by atoms with van der Waals surface area (Å²) in [4.78, 5) is 10.3. The molecule has 0 saturated heterocycles. The third-order valence-corrected chi connectivity index (χ3v) is 1.56. The smallest absolute Gasteiger partial charge is 0.409 e. The third kappa shape index (κ3) is 2.09. The van der Waals surface area contributed by atoms with Crippen LogP contribution in [0.25, 0.3) is 0 Å². The Hall–Kier alpha value is -1.85. The standard InChI is InChI=1S/C8H8F2N2O2/c1-11-6-3-4(9)2-5(10)7(6)12-8(13)14/h2-3,11-12H,1H3,(H,13,14). The molecule has 1 aromatic rings. The van der Waals surface area contributed by atoms with Gasteiger partial charge < -0.3 is 10.4 Å². The van der Waals surface area contributed by atoms with Crippen LogP contribution in [0.1, 0.15) is 0 Å². The topological polar surface area (TPSA) is 61.4 Å². The van der Waals surface area contributed by atoms with Crippen LogP contribution in [-0.4, -0.2) is 18.2 Å². The summed E-state index contributed by atoms with van der Waals surface area (Å²) in [5.41, 5.74) is -0.244. The van der Waals surface area contributed by atoms with Crippen molar-refractivity contribution in [3.63, 3.8) is 0 Å². The SMILES string of the molecule is CNc1cc(F)cc(F)c1NC(=O)O. The molecule has 0 unspecified atom stereocenters. The summed E-state index contributed by atoms with van der Waals surface area (Å²) in [5.74, 6) is -1.74. The number of nitrogens with one attached hydrogen (secondary N) is 2.